The number of nitrogens with zero attached hydrogens (tertiary/aromatic N) is 5. The Morgan fingerprint density at radius 3 is 2.87 bits per heavy atom. The molecule has 0 fully saturated rings. The van der Waals surface area contributed by atoms with E-state index in [1.807, 2.05) is 6.07 Å². The molecule has 0 bridgehead atoms. The topological polar surface area (TPSA) is 116 Å². The maximum atomic E-state index is 12.1. The lowest BCUT2D eigenvalue weighted by Gasteiger charge is -2.05. The molecule has 0 saturated carbocycles. The Labute approximate surface area is 133 Å². The van der Waals surface area contributed by atoms with Gasteiger partial charge in [0.2, 0.25) is 0 Å². The van der Waals surface area contributed by atoms with Crippen LogP contribution in [0.5, 0.6) is 0 Å². The van der Waals surface area contributed by atoms with Gasteiger partial charge in [-0.1, -0.05) is 23.5 Å². The van der Waals surface area contributed by atoms with Crippen LogP contribution in [0.15, 0.2) is 35.7 Å². The molecule has 116 valence electrons. The summed E-state index contributed by atoms with van der Waals surface area (Å²) in [6.45, 7) is 0. The van der Waals surface area contributed by atoms with E-state index in [2.05, 4.69) is 20.8 Å². The van der Waals surface area contributed by atoms with Crippen molar-refractivity contribution in [1.29, 1.82) is 0 Å². The summed E-state index contributed by atoms with van der Waals surface area (Å²) in [5.74, 6) is 0.148. The van der Waals surface area contributed by atoms with Gasteiger partial charge in [0.1, 0.15) is 0 Å². The Morgan fingerprint density at radius 1 is 1.39 bits per heavy atom. The lowest BCUT2D eigenvalue weighted by atomic mass is 10.2. The number of benzene rings is 1. The zero-order valence-electron chi connectivity index (χ0n) is 11.8. The molecule has 1 N–H and O–H groups in total. The molecule has 0 atom stereocenters. The van der Waals surface area contributed by atoms with Gasteiger partial charge in [0, 0.05) is 29.7 Å². The van der Waals surface area contributed by atoms with Crippen LogP contribution >= 0.6 is 11.3 Å². The molecule has 1 aromatic carbocycles. The van der Waals surface area contributed by atoms with Crippen LogP contribution in [0, 0.1) is 10.1 Å². The zero-order valence-corrected chi connectivity index (χ0v) is 12.6. The van der Waals surface area contributed by atoms with Crippen molar-refractivity contribution in [3.63, 3.8) is 0 Å². The Morgan fingerprint density at radius 2 is 2.22 bits per heavy atom. The minimum atomic E-state index is -0.525. The number of nitrogens with one attached hydrogen (secondary N) is 1. The van der Waals surface area contributed by atoms with Crippen LogP contribution in [0.3, 0.4) is 0 Å². The van der Waals surface area contributed by atoms with E-state index in [1.165, 1.54) is 16.1 Å². The number of rotatable bonds is 4. The third-order valence-corrected chi connectivity index (χ3v) is 3.91. The van der Waals surface area contributed by atoms with E-state index in [4.69, 9.17) is 0 Å². The Balaban J connectivity index is 1.81. The second-order valence-electron chi connectivity index (χ2n) is 4.59. The predicted octanol–water partition coefficient (Wildman–Crippen LogP) is 2.10. The molecule has 2 heterocycles. The van der Waals surface area contributed by atoms with Crippen LogP contribution in [-0.4, -0.2) is 31.0 Å². The molecule has 1 amide bonds. The highest BCUT2D eigenvalue weighted by atomic mass is 32.1. The number of tetrazole rings is 1. The van der Waals surface area contributed by atoms with Gasteiger partial charge in [0.05, 0.1) is 10.5 Å². The largest absolute Gasteiger partial charge is 0.324 e. The summed E-state index contributed by atoms with van der Waals surface area (Å²) >= 11 is 0.910. The zero-order chi connectivity index (χ0) is 16.4. The lowest BCUT2D eigenvalue weighted by Crippen LogP contribution is -2.10. The molecule has 0 aliphatic carbocycles. The molecule has 0 aliphatic heterocycles. The predicted molar refractivity (Wildman–Crippen MR) is 83.2 cm³/mol. The van der Waals surface area contributed by atoms with Crippen molar-refractivity contribution in [2.24, 2.45) is 7.05 Å². The number of nitro groups is 1. The van der Waals surface area contributed by atoms with E-state index in [0.29, 0.717) is 11.5 Å². The van der Waals surface area contributed by atoms with Crippen molar-refractivity contribution in [1.82, 2.24) is 20.2 Å². The van der Waals surface area contributed by atoms with Crippen LogP contribution in [0.1, 0.15) is 10.4 Å². The van der Waals surface area contributed by atoms with Crippen molar-refractivity contribution in [2.45, 2.75) is 0 Å². The second kappa shape index (κ2) is 5.93. The smallest absolute Gasteiger partial charge is 0.322 e. The molecular weight excluding hydrogens is 320 g/mol. The van der Waals surface area contributed by atoms with E-state index >= 15 is 0 Å². The van der Waals surface area contributed by atoms with Gasteiger partial charge in [-0.05, 0) is 22.6 Å². The number of amides is 1. The van der Waals surface area contributed by atoms with Crippen LogP contribution in [0.4, 0.5) is 10.7 Å². The Kier molecular flexibility index (Phi) is 3.81. The standard InChI is InChI=1S/C13H10N6O3S/c1-18-12(15-16-17-18)8-3-2-4-10(5-8)14-13(20)9-6-11(19(21)22)23-7-9/h2-7H,1H3,(H,14,20). The van der Waals surface area contributed by atoms with Crippen LogP contribution in [0.25, 0.3) is 11.4 Å². The van der Waals surface area contributed by atoms with Gasteiger partial charge >= 0.3 is 5.00 Å². The van der Waals surface area contributed by atoms with Crippen molar-refractivity contribution in [2.75, 3.05) is 5.32 Å². The summed E-state index contributed by atoms with van der Waals surface area (Å²) < 4.78 is 1.52. The molecule has 0 aliphatic rings. The fourth-order valence-corrected chi connectivity index (χ4v) is 2.66. The van der Waals surface area contributed by atoms with Gasteiger partial charge in [-0.15, -0.1) is 5.10 Å². The number of carbonyl (C=O) groups is 1. The third-order valence-electron chi connectivity index (χ3n) is 3.03. The van der Waals surface area contributed by atoms with Crippen molar-refractivity contribution >= 4 is 27.9 Å². The Hall–Kier alpha value is -3.14. The summed E-state index contributed by atoms with van der Waals surface area (Å²) in [6, 6.07) is 8.26. The fourth-order valence-electron chi connectivity index (χ4n) is 1.95. The van der Waals surface area contributed by atoms with Crippen molar-refractivity contribution in [3.05, 3.63) is 51.4 Å². The molecule has 9 nitrogen and oxygen atoms in total. The second-order valence-corrected chi connectivity index (χ2v) is 5.48. The molecule has 0 saturated heterocycles. The maximum absolute atomic E-state index is 12.1. The van der Waals surface area contributed by atoms with E-state index in [9.17, 15) is 14.9 Å². The van der Waals surface area contributed by atoms with Gasteiger partial charge < -0.3 is 5.32 Å². The first-order chi connectivity index (χ1) is 11.0. The van der Waals surface area contributed by atoms with Crippen LogP contribution in [0.2, 0.25) is 0 Å². The summed E-state index contributed by atoms with van der Waals surface area (Å²) in [5.41, 5.74) is 1.53. The maximum Gasteiger partial charge on any atom is 0.324 e. The van der Waals surface area contributed by atoms with Crippen molar-refractivity contribution < 1.29 is 9.72 Å². The average molecular weight is 330 g/mol. The monoisotopic (exact) mass is 330 g/mol. The molecule has 2 aromatic heterocycles. The number of anilines is 1. The minimum Gasteiger partial charge on any atom is -0.322 e. The van der Waals surface area contributed by atoms with Crippen LogP contribution in [-0.2, 0) is 7.05 Å². The molecule has 0 unspecified atom stereocenters. The number of hydrogen-bond donors (Lipinski definition) is 1. The quantitative estimate of drug-likeness (QED) is 0.578. The molecule has 0 spiro atoms. The molecule has 10 heteroatoms. The normalized spacial score (nSPS) is 10.5. The van der Waals surface area contributed by atoms with Gasteiger partial charge in [0.25, 0.3) is 5.91 Å². The van der Waals surface area contributed by atoms with Crippen molar-refractivity contribution in [3.8, 4) is 11.4 Å². The number of hydrogen-bond acceptors (Lipinski definition) is 7. The van der Waals surface area contributed by atoms with Gasteiger partial charge in [-0.3, -0.25) is 14.9 Å². The number of aryl methyl sites for hydroxylation is 1. The minimum absolute atomic E-state index is 0.0749. The molecule has 3 rings (SSSR count). The Bertz CT molecular complexity index is 887. The number of aromatic nitrogens is 4. The van der Waals surface area contributed by atoms with Gasteiger partial charge in [-0.25, -0.2) is 4.68 Å². The number of thiophene rings is 1. The first-order valence-corrected chi connectivity index (χ1v) is 7.29. The first-order valence-electron chi connectivity index (χ1n) is 6.41. The van der Waals surface area contributed by atoms with Gasteiger partial charge in [0.15, 0.2) is 5.82 Å². The first kappa shape index (κ1) is 14.8. The highest BCUT2D eigenvalue weighted by Crippen LogP contribution is 2.24. The van der Waals surface area contributed by atoms with E-state index in [-0.39, 0.29) is 10.6 Å². The van der Waals surface area contributed by atoms with E-state index in [0.717, 1.165) is 16.9 Å². The molecule has 0 radical (unpaired) electrons. The fraction of sp³-hybridized carbons (Fsp3) is 0.0769. The molecule has 3 aromatic rings. The average Bonchev–Trinajstić information content (AvgIpc) is 3.16. The lowest BCUT2D eigenvalue weighted by molar-refractivity contribution is -0.380. The summed E-state index contributed by atoms with van der Waals surface area (Å²) in [5, 5.41) is 26.0. The number of carbonyl (C=O) groups excluding carboxylic acids is 1. The molecule has 23 heavy (non-hydrogen) atoms. The van der Waals surface area contributed by atoms with Gasteiger partial charge in [-0.2, -0.15) is 0 Å². The summed E-state index contributed by atoms with van der Waals surface area (Å²) in [6.07, 6.45) is 0. The summed E-state index contributed by atoms with van der Waals surface area (Å²) in [7, 11) is 1.71. The highest BCUT2D eigenvalue weighted by molar-refractivity contribution is 7.13. The van der Waals surface area contributed by atoms with E-state index in [1.54, 1.807) is 25.2 Å². The summed E-state index contributed by atoms with van der Waals surface area (Å²) in [4.78, 5) is 22.3. The molecular formula is C13H10N6O3S. The SMILES string of the molecule is Cn1nnnc1-c1cccc(NC(=O)c2csc([N+](=O)[O-])c2)c1. The van der Waals surface area contributed by atoms with Crippen LogP contribution < -0.4 is 5.32 Å². The highest BCUT2D eigenvalue weighted by Gasteiger charge is 2.15. The van der Waals surface area contributed by atoms with E-state index < -0.39 is 10.8 Å². The third kappa shape index (κ3) is 3.06.